The molecule has 1 amide bonds. The van der Waals surface area contributed by atoms with Gasteiger partial charge in [-0.1, -0.05) is 42.8 Å². The number of aromatic nitrogens is 2. The van der Waals surface area contributed by atoms with Gasteiger partial charge < -0.3 is 5.32 Å². The van der Waals surface area contributed by atoms with Gasteiger partial charge in [0.1, 0.15) is 6.54 Å². The maximum atomic E-state index is 12.2. The monoisotopic (exact) mass is 367 g/mol. The lowest BCUT2D eigenvalue weighted by Crippen LogP contribution is -2.29. The van der Waals surface area contributed by atoms with Gasteiger partial charge in [-0.25, -0.2) is 4.68 Å². The van der Waals surface area contributed by atoms with Crippen LogP contribution >= 0.6 is 11.6 Å². The Bertz CT molecular complexity index is 964. The van der Waals surface area contributed by atoms with E-state index in [0.717, 1.165) is 16.7 Å². The minimum absolute atomic E-state index is 0.164. The highest BCUT2D eigenvalue weighted by atomic mass is 35.5. The van der Waals surface area contributed by atoms with Crippen LogP contribution < -0.4 is 10.9 Å². The smallest absolute Gasteiger partial charge is 0.267 e. The summed E-state index contributed by atoms with van der Waals surface area (Å²) in [5, 5.41) is 7.62. The molecule has 0 radical (unpaired) electrons. The molecule has 3 aromatic rings. The van der Waals surface area contributed by atoms with E-state index in [1.165, 1.54) is 11.6 Å². The van der Waals surface area contributed by atoms with Crippen molar-refractivity contribution in [1.82, 2.24) is 9.78 Å². The minimum atomic E-state index is -0.333. The fourth-order valence-electron chi connectivity index (χ4n) is 2.50. The fourth-order valence-corrected chi connectivity index (χ4v) is 2.62. The highest BCUT2D eigenvalue weighted by Crippen LogP contribution is 2.17. The number of carbonyl (C=O) groups excluding carboxylic acids is 1. The summed E-state index contributed by atoms with van der Waals surface area (Å²) < 4.78 is 1.16. The van der Waals surface area contributed by atoms with Crippen LogP contribution in [0.2, 0.25) is 5.02 Å². The summed E-state index contributed by atoms with van der Waals surface area (Å²) in [7, 11) is 0. The molecule has 1 aromatic heterocycles. The number of hydrogen-bond donors (Lipinski definition) is 1. The quantitative estimate of drug-likeness (QED) is 0.746. The number of hydrogen-bond acceptors (Lipinski definition) is 3. The number of benzene rings is 2. The number of aryl methyl sites for hydroxylation is 1. The predicted octanol–water partition coefficient (Wildman–Crippen LogP) is 3.76. The van der Waals surface area contributed by atoms with Crippen molar-refractivity contribution in [2.24, 2.45) is 0 Å². The Morgan fingerprint density at radius 2 is 1.73 bits per heavy atom. The van der Waals surface area contributed by atoms with Crippen LogP contribution in [-0.4, -0.2) is 15.7 Å². The topological polar surface area (TPSA) is 64.0 Å². The third kappa shape index (κ3) is 4.37. The Hall–Kier alpha value is -2.92. The molecular formula is C20H18ClN3O2. The second kappa shape index (κ2) is 7.97. The molecule has 26 heavy (non-hydrogen) atoms. The van der Waals surface area contributed by atoms with Crippen LogP contribution in [0, 0.1) is 0 Å². The van der Waals surface area contributed by atoms with Crippen LogP contribution in [0.15, 0.2) is 65.5 Å². The number of nitrogens with one attached hydrogen (secondary N) is 1. The van der Waals surface area contributed by atoms with Crippen LogP contribution in [0.4, 0.5) is 5.69 Å². The maximum absolute atomic E-state index is 12.2. The number of halogens is 1. The van der Waals surface area contributed by atoms with Gasteiger partial charge in [0.15, 0.2) is 0 Å². The van der Waals surface area contributed by atoms with Crippen LogP contribution in [0.25, 0.3) is 11.3 Å². The molecule has 0 bridgehead atoms. The molecule has 0 unspecified atom stereocenters. The van der Waals surface area contributed by atoms with Crippen LogP contribution in [-0.2, 0) is 17.8 Å². The van der Waals surface area contributed by atoms with Crippen molar-refractivity contribution in [2.75, 3.05) is 5.32 Å². The van der Waals surface area contributed by atoms with Crippen molar-refractivity contribution in [1.29, 1.82) is 0 Å². The van der Waals surface area contributed by atoms with Gasteiger partial charge in [-0.2, -0.15) is 5.10 Å². The third-order valence-electron chi connectivity index (χ3n) is 3.95. The zero-order chi connectivity index (χ0) is 18.5. The first kappa shape index (κ1) is 17.9. The van der Waals surface area contributed by atoms with E-state index in [1.54, 1.807) is 30.3 Å². The molecule has 0 aliphatic rings. The third-order valence-corrected chi connectivity index (χ3v) is 4.20. The van der Waals surface area contributed by atoms with Crippen LogP contribution in [0.3, 0.4) is 0 Å². The van der Waals surface area contributed by atoms with Gasteiger partial charge in [-0.3, -0.25) is 9.59 Å². The van der Waals surface area contributed by atoms with E-state index in [-0.39, 0.29) is 18.0 Å². The van der Waals surface area contributed by atoms with Gasteiger partial charge in [0.2, 0.25) is 5.91 Å². The van der Waals surface area contributed by atoms with Gasteiger partial charge in [0.05, 0.1) is 5.69 Å². The average molecular weight is 368 g/mol. The predicted molar refractivity (Wildman–Crippen MR) is 103 cm³/mol. The van der Waals surface area contributed by atoms with Gasteiger partial charge in [-0.15, -0.1) is 0 Å². The van der Waals surface area contributed by atoms with Crippen LogP contribution in [0.5, 0.6) is 0 Å². The standard InChI is InChI=1S/C20H18ClN3O2/c1-2-14-3-5-15(6-4-14)18-11-12-20(26)24(23-18)13-19(25)22-17-9-7-16(21)8-10-17/h3-12H,2,13H2,1H3,(H,22,25). The van der Waals surface area contributed by atoms with Crippen molar-refractivity contribution >= 4 is 23.2 Å². The Morgan fingerprint density at radius 1 is 1.04 bits per heavy atom. The number of nitrogens with zero attached hydrogens (tertiary/aromatic N) is 2. The molecule has 0 atom stereocenters. The highest BCUT2D eigenvalue weighted by Gasteiger charge is 2.08. The molecule has 0 saturated heterocycles. The van der Waals surface area contributed by atoms with E-state index >= 15 is 0 Å². The molecular weight excluding hydrogens is 350 g/mol. The second-order valence-electron chi connectivity index (χ2n) is 5.82. The fraction of sp³-hybridized carbons (Fsp3) is 0.150. The van der Waals surface area contributed by atoms with Gasteiger partial charge in [0.25, 0.3) is 5.56 Å². The van der Waals surface area contributed by atoms with Gasteiger partial charge in [0, 0.05) is 22.3 Å². The lowest BCUT2D eigenvalue weighted by molar-refractivity contribution is -0.117. The Morgan fingerprint density at radius 3 is 2.38 bits per heavy atom. The number of anilines is 1. The summed E-state index contributed by atoms with van der Waals surface area (Å²) in [5.41, 5.74) is 3.05. The molecule has 3 rings (SSSR count). The highest BCUT2D eigenvalue weighted by molar-refractivity contribution is 6.30. The number of carbonyl (C=O) groups is 1. The maximum Gasteiger partial charge on any atom is 0.267 e. The first-order valence-electron chi connectivity index (χ1n) is 8.28. The summed E-state index contributed by atoms with van der Waals surface area (Å²) in [6, 6.07) is 17.8. The largest absolute Gasteiger partial charge is 0.324 e. The Kier molecular flexibility index (Phi) is 5.49. The Labute approximate surface area is 156 Å². The van der Waals surface area contributed by atoms with Crippen molar-refractivity contribution in [3.8, 4) is 11.3 Å². The first-order chi connectivity index (χ1) is 12.5. The van der Waals surface area contributed by atoms with E-state index < -0.39 is 0 Å². The SMILES string of the molecule is CCc1ccc(-c2ccc(=O)n(CC(=O)Nc3ccc(Cl)cc3)n2)cc1. The zero-order valence-electron chi connectivity index (χ0n) is 14.3. The van der Waals surface area contributed by atoms with Crippen molar-refractivity contribution in [3.63, 3.8) is 0 Å². The number of amides is 1. The summed E-state index contributed by atoms with van der Waals surface area (Å²) in [5.74, 6) is -0.333. The molecule has 0 aliphatic carbocycles. The molecule has 0 aliphatic heterocycles. The number of rotatable bonds is 5. The summed E-state index contributed by atoms with van der Waals surface area (Å²) in [6.07, 6.45) is 0.956. The average Bonchev–Trinajstić information content (AvgIpc) is 2.65. The van der Waals surface area contributed by atoms with Gasteiger partial charge in [-0.05, 0) is 42.3 Å². The normalized spacial score (nSPS) is 10.5. The van der Waals surface area contributed by atoms with E-state index in [1.807, 2.05) is 24.3 Å². The molecule has 5 nitrogen and oxygen atoms in total. The molecule has 6 heteroatoms. The minimum Gasteiger partial charge on any atom is -0.324 e. The molecule has 1 N–H and O–H groups in total. The van der Waals surface area contributed by atoms with E-state index in [0.29, 0.717) is 16.4 Å². The van der Waals surface area contributed by atoms with Gasteiger partial charge >= 0.3 is 0 Å². The van der Waals surface area contributed by atoms with E-state index in [4.69, 9.17) is 11.6 Å². The van der Waals surface area contributed by atoms with E-state index in [9.17, 15) is 9.59 Å². The Balaban J connectivity index is 1.77. The lowest BCUT2D eigenvalue weighted by Gasteiger charge is -2.09. The van der Waals surface area contributed by atoms with Crippen LogP contribution in [0.1, 0.15) is 12.5 Å². The first-order valence-corrected chi connectivity index (χ1v) is 8.66. The second-order valence-corrected chi connectivity index (χ2v) is 6.26. The summed E-state index contributed by atoms with van der Waals surface area (Å²) in [6.45, 7) is 1.93. The van der Waals surface area contributed by atoms with Crippen molar-refractivity contribution in [3.05, 3.63) is 81.6 Å². The lowest BCUT2D eigenvalue weighted by atomic mass is 10.1. The molecule has 0 fully saturated rings. The molecule has 132 valence electrons. The molecule has 0 spiro atoms. The molecule has 0 saturated carbocycles. The van der Waals surface area contributed by atoms with Crippen molar-refractivity contribution < 1.29 is 4.79 Å². The molecule has 2 aromatic carbocycles. The molecule has 1 heterocycles. The summed E-state index contributed by atoms with van der Waals surface area (Å²) >= 11 is 5.83. The van der Waals surface area contributed by atoms with E-state index in [2.05, 4.69) is 17.3 Å². The van der Waals surface area contributed by atoms with Crippen molar-refractivity contribution in [2.45, 2.75) is 19.9 Å². The summed E-state index contributed by atoms with van der Waals surface area (Å²) in [4.78, 5) is 24.2. The zero-order valence-corrected chi connectivity index (χ0v) is 15.0.